The van der Waals surface area contributed by atoms with Gasteiger partial charge in [-0.1, -0.05) is 84.0 Å². The maximum Gasteiger partial charge on any atom is 0.294 e. The first kappa shape index (κ1) is 25.5. The molecule has 7 heteroatoms. The first-order valence-electron chi connectivity index (χ1n) is 11.9. The largest absolute Gasteiger partial charge is 0.294 e. The predicted molar refractivity (Wildman–Crippen MR) is 126 cm³/mol. The summed E-state index contributed by atoms with van der Waals surface area (Å²) < 4.78 is 31.3. The highest BCUT2D eigenvalue weighted by Crippen LogP contribution is 2.24. The van der Waals surface area contributed by atoms with Crippen molar-refractivity contribution in [3.05, 3.63) is 24.3 Å². The van der Waals surface area contributed by atoms with Gasteiger partial charge in [0.1, 0.15) is 0 Å². The van der Waals surface area contributed by atoms with E-state index in [-0.39, 0.29) is 10.8 Å². The van der Waals surface area contributed by atoms with Crippen LogP contribution in [0, 0.1) is 0 Å². The Morgan fingerprint density at radius 3 is 1.81 bits per heavy atom. The summed E-state index contributed by atoms with van der Waals surface area (Å²) >= 11 is 0. The van der Waals surface area contributed by atoms with Gasteiger partial charge in [-0.2, -0.15) is 13.5 Å². The lowest BCUT2D eigenvalue weighted by Gasteiger charge is -2.11. The Bertz CT molecular complexity index is 803. The smallest absolute Gasteiger partial charge is 0.282 e. The van der Waals surface area contributed by atoms with E-state index in [0.29, 0.717) is 12.1 Å². The van der Waals surface area contributed by atoms with Gasteiger partial charge in [0.05, 0.1) is 17.0 Å². The van der Waals surface area contributed by atoms with Crippen molar-refractivity contribution in [2.45, 2.75) is 108 Å². The fourth-order valence-electron chi connectivity index (χ4n) is 3.93. The van der Waals surface area contributed by atoms with Crippen LogP contribution >= 0.6 is 0 Å². The summed E-state index contributed by atoms with van der Waals surface area (Å²) in [7, 11) is -4.24. The molecule has 1 heterocycles. The van der Waals surface area contributed by atoms with E-state index in [0.717, 1.165) is 25.0 Å². The molecule has 1 aliphatic heterocycles. The van der Waals surface area contributed by atoms with Crippen molar-refractivity contribution in [2.75, 3.05) is 5.01 Å². The number of anilines is 1. The summed E-state index contributed by atoms with van der Waals surface area (Å²) in [4.78, 5) is 12.0. The third-order valence-electron chi connectivity index (χ3n) is 5.78. The molecule has 1 aromatic carbocycles. The first-order chi connectivity index (χ1) is 14.9. The highest BCUT2D eigenvalue weighted by atomic mass is 32.2. The van der Waals surface area contributed by atoms with E-state index in [2.05, 4.69) is 12.0 Å². The summed E-state index contributed by atoms with van der Waals surface area (Å²) in [5.74, 6) is -0.107. The number of carbonyl (C=O) groups excluding carboxylic acids is 1. The SMILES string of the molecule is CCCCCCCCCCCCCCCC1=NN(c2ccc(S(=O)(=O)O)cc2)C(=O)C1. The zero-order chi connectivity index (χ0) is 22.5. The van der Waals surface area contributed by atoms with Crippen molar-refractivity contribution >= 4 is 27.4 Å². The average molecular weight is 451 g/mol. The van der Waals surface area contributed by atoms with E-state index < -0.39 is 10.1 Å². The summed E-state index contributed by atoms with van der Waals surface area (Å²) in [5.41, 5.74) is 1.39. The molecular weight excluding hydrogens is 412 g/mol. The van der Waals surface area contributed by atoms with E-state index >= 15 is 0 Å². The second-order valence-electron chi connectivity index (χ2n) is 8.51. The van der Waals surface area contributed by atoms with Crippen LogP contribution < -0.4 is 5.01 Å². The number of rotatable bonds is 16. The lowest BCUT2D eigenvalue weighted by Crippen LogP contribution is -2.19. The molecule has 174 valence electrons. The molecule has 1 aromatic rings. The average Bonchev–Trinajstić information content (AvgIpc) is 3.11. The minimum Gasteiger partial charge on any atom is -0.282 e. The normalized spacial score (nSPS) is 14.3. The number of benzene rings is 1. The monoisotopic (exact) mass is 450 g/mol. The second-order valence-corrected chi connectivity index (χ2v) is 9.93. The maximum absolute atomic E-state index is 12.2. The fourth-order valence-corrected chi connectivity index (χ4v) is 4.41. The van der Waals surface area contributed by atoms with Crippen molar-refractivity contribution in [1.29, 1.82) is 0 Å². The Hall–Kier alpha value is -1.73. The predicted octanol–water partition coefficient (Wildman–Crippen LogP) is 6.51. The van der Waals surface area contributed by atoms with Gasteiger partial charge in [0.2, 0.25) is 0 Å². The molecule has 0 saturated carbocycles. The van der Waals surface area contributed by atoms with Crippen LogP contribution in [0.25, 0.3) is 0 Å². The van der Waals surface area contributed by atoms with Crippen LogP contribution in [0.4, 0.5) is 5.69 Å². The second kappa shape index (κ2) is 13.6. The number of hydrogen-bond acceptors (Lipinski definition) is 4. The minimum absolute atomic E-state index is 0.107. The number of unbranched alkanes of at least 4 members (excludes halogenated alkanes) is 12. The summed E-state index contributed by atoms with van der Waals surface area (Å²) in [6.07, 6.45) is 18.2. The van der Waals surface area contributed by atoms with E-state index in [1.807, 2.05) is 0 Å². The molecule has 6 nitrogen and oxygen atoms in total. The van der Waals surface area contributed by atoms with E-state index in [4.69, 9.17) is 4.55 Å². The minimum atomic E-state index is -4.24. The van der Waals surface area contributed by atoms with Crippen LogP contribution in [0.5, 0.6) is 0 Å². The Labute approximate surface area is 187 Å². The van der Waals surface area contributed by atoms with Gasteiger partial charge >= 0.3 is 0 Å². The van der Waals surface area contributed by atoms with Crippen LogP contribution in [0.2, 0.25) is 0 Å². The molecule has 31 heavy (non-hydrogen) atoms. The van der Waals surface area contributed by atoms with Crippen LogP contribution in [0.15, 0.2) is 34.3 Å². The molecule has 0 unspecified atom stereocenters. The summed E-state index contributed by atoms with van der Waals surface area (Å²) in [5, 5.41) is 5.74. The van der Waals surface area contributed by atoms with Gasteiger partial charge in [-0.15, -0.1) is 0 Å². The zero-order valence-electron chi connectivity index (χ0n) is 18.9. The first-order valence-corrected chi connectivity index (χ1v) is 13.3. The summed E-state index contributed by atoms with van der Waals surface area (Å²) in [6, 6.07) is 5.52. The van der Waals surface area contributed by atoms with Gasteiger partial charge in [0, 0.05) is 5.71 Å². The lowest BCUT2D eigenvalue weighted by molar-refractivity contribution is -0.116. The molecule has 1 N–H and O–H groups in total. The molecule has 2 rings (SSSR count). The van der Waals surface area contributed by atoms with Gasteiger partial charge < -0.3 is 0 Å². The number of nitrogens with zero attached hydrogens (tertiary/aromatic N) is 2. The van der Waals surface area contributed by atoms with Gasteiger partial charge in [0.25, 0.3) is 16.0 Å². The summed E-state index contributed by atoms with van der Waals surface area (Å²) in [6.45, 7) is 2.26. The Kier molecular flexibility index (Phi) is 11.2. The van der Waals surface area contributed by atoms with Crippen molar-refractivity contribution in [3.8, 4) is 0 Å². The highest BCUT2D eigenvalue weighted by molar-refractivity contribution is 7.85. The Morgan fingerprint density at radius 1 is 0.839 bits per heavy atom. The number of hydrogen-bond donors (Lipinski definition) is 1. The molecule has 1 amide bonds. The molecule has 0 spiro atoms. The lowest BCUT2D eigenvalue weighted by atomic mass is 10.0. The van der Waals surface area contributed by atoms with Crippen molar-refractivity contribution in [1.82, 2.24) is 0 Å². The topological polar surface area (TPSA) is 87.0 Å². The number of amides is 1. The van der Waals surface area contributed by atoms with Crippen molar-refractivity contribution in [3.63, 3.8) is 0 Å². The molecule has 0 fully saturated rings. The third kappa shape index (κ3) is 9.52. The maximum atomic E-state index is 12.2. The number of carbonyl (C=O) groups is 1. The molecule has 0 saturated heterocycles. The highest BCUT2D eigenvalue weighted by Gasteiger charge is 2.25. The van der Waals surface area contributed by atoms with Crippen LogP contribution in [0.1, 0.15) is 103 Å². The zero-order valence-corrected chi connectivity index (χ0v) is 19.7. The van der Waals surface area contributed by atoms with E-state index in [1.165, 1.54) is 99.9 Å². The Morgan fingerprint density at radius 2 is 1.32 bits per heavy atom. The van der Waals surface area contributed by atoms with Gasteiger partial charge in [-0.3, -0.25) is 9.35 Å². The molecule has 0 atom stereocenters. The quantitative estimate of drug-likeness (QED) is 0.230. The Balaban J connectivity index is 1.57. The fraction of sp³-hybridized carbons (Fsp3) is 0.667. The van der Waals surface area contributed by atoms with Gasteiger partial charge in [-0.05, 0) is 37.1 Å². The van der Waals surface area contributed by atoms with Crippen molar-refractivity contribution < 1.29 is 17.8 Å². The standard InChI is InChI=1S/C24H38N2O4S/c1-2-3-4-5-6-7-8-9-10-11-12-13-14-15-21-20-24(27)26(25-21)22-16-18-23(19-17-22)31(28,29)30/h16-19H,2-15,20H2,1H3,(H,28,29,30). The van der Waals surface area contributed by atoms with Crippen LogP contribution in [-0.2, 0) is 14.9 Å². The molecule has 0 bridgehead atoms. The molecule has 0 aromatic heterocycles. The van der Waals surface area contributed by atoms with E-state index in [1.54, 1.807) is 0 Å². The molecule has 1 aliphatic rings. The molecule has 0 aliphatic carbocycles. The van der Waals surface area contributed by atoms with Crippen LogP contribution in [-0.4, -0.2) is 24.6 Å². The van der Waals surface area contributed by atoms with Crippen LogP contribution in [0.3, 0.4) is 0 Å². The van der Waals surface area contributed by atoms with Crippen molar-refractivity contribution in [2.24, 2.45) is 5.10 Å². The molecular formula is C24H38N2O4S. The van der Waals surface area contributed by atoms with Gasteiger partial charge in [0.15, 0.2) is 0 Å². The number of hydrazone groups is 1. The van der Waals surface area contributed by atoms with E-state index in [9.17, 15) is 13.2 Å². The van der Waals surface area contributed by atoms with Gasteiger partial charge in [-0.25, -0.2) is 5.01 Å². The third-order valence-corrected chi connectivity index (χ3v) is 6.65. The molecule has 0 radical (unpaired) electrons.